The second-order valence-electron chi connectivity index (χ2n) is 5.00. The van der Waals surface area contributed by atoms with Crippen molar-refractivity contribution in [3.05, 3.63) is 29.6 Å². The smallest absolute Gasteiger partial charge is 0.258 e. The first-order valence-electron chi connectivity index (χ1n) is 5.48. The molecule has 0 radical (unpaired) electrons. The minimum Gasteiger partial charge on any atom is -0.484 e. The van der Waals surface area contributed by atoms with E-state index < -0.39 is 0 Å². The van der Waals surface area contributed by atoms with Crippen LogP contribution < -0.4 is 10.1 Å². The standard InChI is InChI=1S/C13H18FNO2/c1-9-7-10(5-6-11(9)14)17-8-12(16)15-13(2,3)4/h5-7H,8H2,1-4H3,(H,15,16). The summed E-state index contributed by atoms with van der Waals surface area (Å²) in [5.41, 5.74) is 0.220. The number of aryl methyl sites for hydroxylation is 1. The number of carbonyl (C=O) groups excluding carboxylic acids is 1. The molecule has 0 bridgehead atoms. The normalized spacial score (nSPS) is 11.1. The van der Waals surface area contributed by atoms with E-state index in [0.717, 1.165) is 0 Å². The van der Waals surface area contributed by atoms with Gasteiger partial charge in [-0.25, -0.2) is 4.39 Å². The molecule has 94 valence electrons. The third kappa shape index (κ3) is 4.85. The quantitative estimate of drug-likeness (QED) is 0.879. The Bertz CT molecular complexity index is 410. The third-order valence-corrected chi connectivity index (χ3v) is 2.01. The lowest BCUT2D eigenvalue weighted by molar-refractivity contribution is -0.124. The monoisotopic (exact) mass is 239 g/mol. The third-order valence-electron chi connectivity index (χ3n) is 2.01. The van der Waals surface area contributed by atoms with Crippen LogP contribution in [0.4, 0.5) is 4.39 Å². The van der Waals surface area contributed by atoms with Gasteiger partial charge in [-0.2, -0.15) is 0 Å². The van der Waals surface area contributed by atoms with Crippen molar-refractivity contribution < 1.29 is 13.9 Å². The molecule has 0 atom stereocenters. The summed E-state index contributed by atoms with van der Waals surface area (Å²) < 4.78 is 18.3. The Morgan fingerprint density at radius 3 is 2.59 bits per heavy atom. The molecule has 0 aliphatic rings. The van der Waals surface area contributed by atoms with Crippen molar-refractivity contribution in [3.63, 3.8) is 0 Å². The first kappa shape index (κ1) is 13.5. The van der Waals surface area contributed by atoms with E-state index in [4.69, 9.17) is 4.74 Å². The van der Waals surface area contributed by atoms with Crippen molar-refractivity contribution in [2.45, 2.75) is 33.2 Å². The lowest BCUT2D eigenvalue weighted by Crippen LogP contribution is -2.43. The van der Waals surface area contributed by atoms with Gasteiger partial charge in [0.2, 0.25) is 0 Å². The highest BCUT2D eigenvalue weighted by Gasteiger charge is 2.13. The summed E-state index contributed by atoms with van der Waals surface area (Å²) in [5, 5.41) is 2.78. The number of amides is 1. The van der Waals surface area contributed by atoms with Gasteiger partial charge in [-0.3, -0.25) is 4.79 Å². The fourth-order valence-corrected chi connectivity index (χ4v) is 1.31. The number of benzene rings is 1. The molecule has 17 heavy (non-hydrogen) atoms. The number of carbonyl (C=O) groups is 1. The van der Waals surface area contributed by atoms with Crippen LogP contribution >= 0.6 is 0 Å². The lowest BCUT2D eigenvalue weighted by Gasteiger charge is -2.20. The van der Waals surface area contributed by atoms with Crippen LogP contribution in [-0.2, 0) is 4.79 Å². The number of hydrogen-bond acceptors (Lipinski definition) is 2. The predicted molar refractivity (Wildman–Crippen MR) is 64.5 cm³/mol. The molecule has 0 spiro atoms. The molecule has 1 rings (SSSR count). The molecular weight excluding hydrogens is 221 g/mol. The number of nitrogens with one attached hydrogen (secondary N) is 1. The highest BCUT2D eigenvalue weighted by molar-refractivity contribution is 5.78. The van der Waals surface area contributed by atoms with E-state index in [2.05, 4.69) is 5.32 Å². The molecule has 0 saturated heterocycles. The van der Waals surface area contributed by atoms with Crippen LogP contribution in [0.5, 0.6) is 5.75 Å². The van der Waals surface area contributed by atoms with Crippen molar-refractivity contribution in [1.82, 2.24) is 5.32 Å². The molecule has 1 N–H and O–H groups in total. The summed E-state index contributed by atoms with van der Waals surface area (Å²) in [4.78, 5) is 11.5. The van der Waals surface area contributed by atoms with E-state index in [-0.39, 0.29) is 23.9 Å². The van der Waals surface area contributed by atoms with Gasteiger partial charge in [-0.1, -0.05) is 0 Å². The van der Waals surface area contributed by atoms with E-state index in [0.29, 0.717) is 11.3 Å². The van der Waals surface area contributed by atoms with Crippen LogP contribution in [0, 0.1) is 12.7 Å². The van der Waals surface area contributed by atoms with E-state index >= 15 is 0 Å². The number of ether oxygens (including phenoxy) is 1. The van der Waals surface area contributed by atoms with Gasteiger partial charge in [-0.15, -0.1) is 0 Å². The van der Waals surface area contributed by atoms with Gasteiger partial charge in [0.05, 0.1) is 0 Å². The van der Waals surface area contributed by atoms with Gasteiger partial charge in [0.25, 0.3) is 5.91 Å². The van der Waals surface area contributed by atoms with Gasteiger partial charge in [0.1, 0.15) is 11.6 Å². The Morgan fingerprint density at radius 2 is 2.06 bits per heavy atom. The molecule has 0 aliphatic carbocycles. The SMILES string of the molecule is Cc1cc(OCC(=O)NC(C)(C)C)ccc1F. The largest absolute Gasteiger partial charge is 0.484 e. The van der Waals surface area contributed by atoms with Gasteiger partial charge < -0.3 is 10.1 Å². The summed E-state index contributed by atoms with van der Waals surface area (Å²) in [6.45, 7) is 7.27. The Morgan fingerprint density at radius 1 is 1.41 bits per heavy atom. The Hall–Kier alpha value is -1.58. The molecule has 4 heteroatoms. The maximum Gasteiger partial charge on any atom is 0.258 e. The second kappa shape index (κ2) is 5.17. The molecule has 1 amide bonds. The molecular formula is C13H18FNO2. The van der Waals surface area contributed by atoms with E-state index in [9.17, 15) is 9.18 Å². The maximum absolute atomic E-state index is 13.0. The highest BCUT2D eigenvalue weighted by atomic mass is 19.1. The van der Waals surface area contributed by atoms with Gasteiger partial charge >= 0.3 is 0 Å². The number of halogens is 1. The zero-order valence-corrected chi connectivity index (χ0v) is 10.6. The van der Waals surface area contributed by atoms with Gasteiger partial charge in [0, 0.05) is 5.54 Å². The summed E-state index contributed by atoms with van der Waals surface area (Å²) in [5.74, 6) is 0.0175. The zero-order chi connectivity index (χ0) is 13.1. The van der Waals surface area contributed by atoms with Crippen molar-refractivity contribution in [2.75, 3.05) is 6.61 Å². The fraction of sp³-hybridized carbons (Fsp3) is 0.462. The topological polar surface area (TPSA) is 38.3 Å². The average molecular weight is 239 g/mol. The van der Waals surface area contributed by atoms with E-state index in [1.807, 2.05) is 20.8 Å². The minimum absolute atomic E-state index is 0.0671. The Labute approximate surface area is 101 Å². The summed E-state index contributed by atoms with van der Waals surface area (Å²) in [6.07, 6.45) is 0. The molecule has 0 saturated carbocycles. The van der Waals surface area contributed by atoms with Crippen LogP contribution in [-0.4, -0.2) is 18.1 Å². The molecule has 0 heterocycles. The van der Waals surface area contributed by atoms with Crippen molar-refractivity contribution in [3.8, 4) is 5.75 Å². The first-order chi connectivity index (χ1) is 7.78. The second-order valence-corrected chi connectivity index (χ2v) is 5.00. The molecule has 0 aliphatic heterocycles. The molecule has 3 nitrogen and oxygen atoms in total. The minimum atomic E-state index is -0.281. The lowest BCUT2D eigenvalue weighted by atomic mass is 10.1. The van der Waals surface area contributed by atoms with Crippen LogP contribution in [0.1, 0.15) is 26.3 Å². The van der Waals surface area contributed by atoms with Crippen LogP contribution in [0.15, 0.2) is 18.2 Å². The average Bonchev–Trinajstić information content (AvgIpc) is 2.17. The molecule has 0 unspecified atom stereocenters. The van der Waals surface area contributed by atoms with Gasteiger partial charge in [-0.05, 0) is 51.5 Å². The number of rotatable bonds is 3. The van der Waals surface area contributed by atoms with Gasteiger partial charge in [0.15, 0.2) is 6.61 Å². The highest BCUT2D eigenvalue weighted by Crippen LogP contribution is 2.15. The van der Waals surface area contributed by atoms with Crippen molar-refractivity contribution in [1.29, 1.82) is 0 Å². The molecule has 1 aromatic carbocycles. The maximum atomic E-state index is 13.0. The van der Waals surface area contributed by atoms with E-state index in [1.54, 1.807) is 13.0 Å². The van der Waals surface area contributed by atoms with Crippen LogP contribution in [0.2, 0.25) is 0 Å². The van der Waals surface area contributed by atoms with E-state index in [1.165, 1.54) is 12.1 Å². The summed E-state index contributed by atoms with van der Waals surface area (Å²) >= 11 is 0. The molecule has 0 aromatic heterocycles. The Kier molecular flexibility index (Phi) is 4.10. The van der Waals surface area contributed by atoms with Crippen molar-refractivity contribution >= 4 is 5.91 Å². The van der Waals surface area contributed by atoms with Crippen molar-refractivity contribution in [2.24, 2.45) is 0 Å². The number of hydrogen-bond donors (Lipinski definition) is 1. The van der Waals surface area contributed by atoms with Crippen LogP contribution in [0.3, 0.4) is 0 Å². The molecule has 1 aromatic rings. The molecule has 0 fully saturated rings. The summed E-state index contributed by atoms with van der Waals surface area (Å²) in [6, 6.07) is 4.40. The summed E-state index contributed by atoms with van der Waals surface area (Å²) in [7, 11) is 0. The van der Waals surface area contributed by atoms with Crippen LogP contribution in [0.25, 0.3) is 0 Å². The Balaban J connectivity index is 2.50. The zero-order valence-electron chi connectivity index (χ0n) is 10.6. The predicted octanol–water partition coefficient (Wildman–Crippen LogP) is 2.43. The first-order valence-corrected chi connectivity index (χ1v) is 5.48. The fourth-order valence-electron chi connectivity index (χ4n) is 1.31.